The maximum absolute atomic E-state index is 2.39. The summed E-state index contributed by atoms with van der Waals surface area (Å²) < 4.78 is 4.99. The second-order valence-electron chi connectivity index (χ2n) is 6.13. The Balaban J connectivity index is 1.99. The minimum absolute atomic E-state index is 1.13. The quantitative estimate of drug-likeness (QED) is 0.644. The Hall–Kier alpha value is -1.85. The third-order valence-electron chi connectivity index (χ3n) is 4.56. The molecule has 0 fully saturated rings. The van der Waals surface area contributed by atoms with E-state index in [9.17, 15) is 0 Å². The van der Waals surface area contributed by atoms with Gasteiger partial charge in [0.25, 0.3) is 0 Å². The van der Waals surface area contributed by atoms with Crippen LogP contribution in [0.5, 0.6) is 0 Å². The molecule has 0 radical (unpaired) electrons. The summed E-state index contributed by atoms with van der Waals surface area (Å²) in [4.78, 5) is 0. The Morgan fingerprint density at radius 1 is 0.625 bits per heavy atom. The molecule has 2 aromatic rings. The summed E-state index contributed by atoms with van der Waals surface area (Å²) in [5.74, 6) is 0. The molecule has 2 aliphatic rings. The number of hydrogen-bond donors (Lipinski definition) is 0. The molecule has 0 unspecified atom stereocenters. The van der Waals surface area contributed by atoms with Gasteiger partial charge in [0.05, 0.1) is 0 Å². The minimum atomic E-state index is -2.12. The zero-order valence-corrected chi connectivity index (χ0v) is 16.1. The van der Waals surface area contributed by atoms with E-state index >= 15 is 0 Å². The van der Waals surface area contributed by atoms with Crippen LogP contribution in [0.4, 0.5) is 0 Å². The van der Waals surface area contributed by atoms with Crippen LogP contribution in [0.15, 0.2) is 104 Å². The van der Waals surface area contributed by atoms with Crippen LogP contribution in [0, 0.1) is 0 Å². The van der Waals surface area contributed by atoms with Crippen molar-refractivity contribution in [2.75, 3.05) is 0 Å². The van der Waals surface area contributed by atoms with Crippen molar-refractivity contribution in [3.05, 3.63) is 115 Å². The Bertz CT molecular complexity index is 805. The van der Waals surface area contributed by atoms with E-state index in [4.69, 9.17) is 0 Å². The number of rotatable bonds is 4. The van der Waals surface area contributed by atoms with Gasteiger partial charge < -0.3 is 0 Å². The van der Waals surface area contributed by atoms with E-state index in [1.54, 1.807) is 9.77 Å². The van der Waals surface area contributed by atoms with Crippen molar-refractivity contribution in [1.29, 1.82) is 0 Å². The average Bonchev–Trinajstić information content (AvgIpc) is 3.35. The molecule has 0 nitrogen and oxygen atoms in total. The number of hydrogen-bond acceptors (Lipinski definition) is 0. The molecule has 0 saturated heterocycles. The summed E-state index contributed by atoms with van der Waals surface area (Å²) >= 11 is -2.12. The normalized spacial score (nSPS) is 15.3. The number of benzene rings is 2. The van der Waals surface area contributed by atoms with Crippen molar-refractivity contribution in [3.63, 3.8) is 0 Å². The molecular weight excluding hydrogens is 367 g/mol. The van der Waals surface area contributed by atoms with Crippen molar-refractivity contribution in [3.8, 4) is 0 Å². The van der Waals surface area contributed by atoms with Crippen LogP contribution in [-0.2, 0) is 21.3 Å². The van der Waals surface area contributed by atoms with Gasteiger partial charge >= 0.3 is 152 Å². The zero-order valence-electron chi connectivity index (χ0n) is 13.7. The first kappa shape index (κ1) is 15.7. The van der Waals surface area contributed by atoms with Gasteiger partial charge in [-0.2, -0.15) is 0 Å². The molecular formula is C23H20Zr. The van der Waals surface area contributed by atoms with Crippen LogP contribution in [0.25, 0.3) is 0 Å². The Kier molecular flexibility index (Phi) is 4.81. The van der Waals surface area contributed by atoms with Crippen molar-refractivity contribution in [2.24, 2.45) is 0 Å². The molecule has 0 aromatic heterocycles. The predicted octanol–water partition coefficient (Wildman–Crippen LogP) is 5.56. The summed E-state index contributed by atoms with van der Waals surface area (Å²) in [6.45, 7) is 0. The Labute approximate surface area is 151 Å². The fourth-order valence-electron chi connectivity index (χ4n) is 3.46. The summed E-state index contributed by atoms with van der Waals surface area (Å²) in [5.41, 5.74) is 2.80. The van der Waals surface area contributed by atoms with E-state index in [0.29, 0.717) is 0 Å². The van der Waals surface area contributed by atoms with E-state index in [1.165, 1.54) is 11.1 Å². The molecule has 0 N–H and O–H groups in total. The van der Waals surface area contributed by atoms with Crippen molar-refractivity contribution in [1.82, 2.24) is 0 Å². The Morgan fingerprint density at radius 3 is 1.46 bits per heavy atom. The van der Waals surface area contributed by atoms with E-state index in [1.807, 2.05) is 0 Å². The van der Waals surface area contributed by atoms with Gasteiger partial charge in [-0.25, -0.2) is 0 Å². The first-order valence-electron chi connectivity index (χ1n) is 8.51. The van der Waals surface area contributed by atoms with Gasteiger partial charge in [-0.1, -0.05) is 0 Å². The molecule has 4 rings (SSSR count). The SMILES string of the molecule is C1=CC[C]([Zr]([C]2=CC=CC2)=[C](c2ccccc2)c2ccccc2)=C1. The fourth-order valence-corrected chi connectivity index (χ4v) is 11.2. The standard InChI is InChI=1S/C13H10.2C5H5.Zr/c1-3-7-12(8-4-1)11-13-9-5-2-6-10-13;2*1-2-4-5-3-1;/h1-10H;2*1-3H,4H2;. The second-order valence-corrected chi connectivity index (χ2v) is 12.4. The summed E-state index contributed by atoms with van der Waals surface area (Å²) in [6, 6.07) is 22.0. The van der Waals surface area contributed by atoms with Gasteiger partial charge in [-0.3, -0.25) is 0 Å². The molecule has 0 heterocycles. The monoisotopic (exact) mass is 386 g/mol. The van der Waals surface area contributed by atoms with Gasteiger partial charge in [0, 0.05) is 0 Å². The van der Waals surface area contributed by atoms with Gasteiger partial charge in [0.1, 0.15) is 0 Å². The van der Waals surface area contributed by atoms with E-state index in [-0.39, 0.29) is 0 Å². The summed E-state index contributed by atoms with van der Waals surface area (Å²) in [7, 11) is 0. The van der Waals surface area contributed by atoms with E-state index in [2.05, 4.69) is 97.1 Å². The maximum atomic E-state index is 2.39. The molecule has 0 bridgehead atoms. The second kappa shape index (κ2) is 7.37. The van der Waals surface area contributed by atoms with Crippen molar-refractivity contribution >= 4 is 3.21 Å². The average molecular weight is 388 g/mol. The van der Waals surface area contributed by atoms with Gasteiger partial charge in [-0.15, -0.1) is 0 Å². The molecule has 116 valence electrons. The van der Waals surface area contributed by atoms with Gasteiger partial charge in [0.2, 0.25) is 0 Å². The van der Waals surface area contributed by atoms with Crippen LogP contribution >= 0.6 is 0 Å². The van der Waals surface area contributed by atoms with E-state index < -0.39 is 21.3 Å². The molecule has 2 aromatic carbocycles. The van der Waals surface area contributed by atoms with Crippen LogP contribution in [0.2, 0.25) is 0 Å². The van der Waals surface area contributed by atoms with Crippen LogP contribution in [0.3, 0.4) is 0 Å². The molecule has 2 aliphatic carbocycles. The topological polar surface area (TPSA) is 0 Å². The fraction of sp³-hybridized carbons (Fsp3) is 0.0870. The van der Waals surface area contributed by atoms with Crippen LogP contribution in [0.1, 0.15) is 24.0 Å². The molecule has 0 saturated carbocycles. The molecule has 0 atom stereocenters. The van der Waals surface area contributed by atoms with Crippen molar-refractivity contribution < 1.29 is 21.3 Å². The molecule has 1 heteroatoms. The summed E-state index contributed by atoms with van der Waals surface area (Å²) in [5, 5.41) is 0. The molecule has 0 amide bonds. The third-order valence-corrected chi connectivity index (χ3v) is 12.2. The Morgan fingerprint density at radius 2 is 1.08 bits per heavy atom. The zero-order chi connectivity index (χ0) is 16.2. The molecule has 24 heavy (non-hydrogen) atoms. The first-order chi connectivity index (χ1) is 11.9. The predicted molar refractivity (Wildman–Crippen MR) is 99.8 cm³/mol. The third kappa shape index (κ3) is 3.19. The van der Waals surface area contributed by atoms with Crippen molar-refractivity contribution in [2.45, 2.75) is 12.8 Å². The first-order valence-corrected chi connectivity index (χ1v) is 12.2. The van der Waals surface area contributed by atoms with E-state index in [0.717, 1.165) is 12.8 Å². The van der Waals surface area contributed by atoms with Gasteiger partial charge in [-0.05, 0) is 0 Å². The van der Waals surface area contributed by atoms with Crippen LogP contribution < -0.4 is 0 Å². The molecule has 0 aliphatic heterocycles. The van der Waals surface area contributed by atoms with Gasteiger partial charge in [0.15, 0.2) is 0 Å². The van der Waals surface area contributed by atoms with Crippen LogP contribution in [-0.4, -0.2) is 3.21 Å². The number of allylic oxidation sites excluding steroid dienone is 8. The summed E-state index contributed by atoms with van der Waals surface area (Å²) in [6.07, 6.45) is 16.2. The molecule has 0 spiro atoms.